The van der Waals surface area contributed by atoms with E-state index in [0.29, 0.717) is 6.54 Å². The van der Waals surface area contributed by atoms with Crippen LogP contribution in [0.25, 0.3) is 0 Å². The van der Waals surface area contributed by atoms with Crippen LogP contribution < -0.4 is 5.32 Å². The van der Waals surface area contributed by atoms with Crippen molar-refractivity contribution in [1.29, 1.82) is 0 Å². The molecule has 1 N–H and O–H groups in total. The van der Waals surface area contributed by atoms with Crippen LogP contribution >= 0.6 is 0 Å². The van der Waals surface area contributed by atoms with Crippen molar-refractivity contribution in [2.75, 3.05) is 19.6 Å². The van der Waals surface area contributed by atoms with Crippen LogP contribution in [0.15, 0.2) is 30.3 Å². The van der Waals surface area contributed by atoms with E-state index in [-0.39, 0.29) is 12.1 Å². The molecule has 0 bridgehead atoms. The summed E-state index contributed by atoms with van der Waals surface area (Å²) in [7, 11) is 0. The second-order valence-electron chi connectivity index (χ2n) is 6.56. The highest BCUT2D eigenvalue weighted by Crippen LogP contribution is 2.17. The van der Waals surface area contributed by atoms with Crippen molar-refractivity contribution in [3.8, 4) is 0 Å². The molecule has 1 aromatic rings. The van der Waals surface area contributed by atoms with Crippen LogP contribution in [-0.4, -0.2) is 42.3 Å². The molecule has 0 spiro atoms. The zero-order valence-electron chi connectivity index (χ0n) is 13.3. The molecule has 4 nitrogen and oxygen atoms in total. The number of nitrogens with zero attached hydrogens (tertiary/aromatic N) is 1. The van der Waals surface area contributed by atoms with Crippen molar-refractivity contribution >= 4 is 6.09 Å². The summed E-state index contributed by atoms with van der Waals surface area (Å²) in [4.78, 5) is 14.3. The normalized spacial score (nSPS) is 20.0. The van der Waals surface area contributed by atoms with Gasteiger partial charge in [-0.1, -0.05) is 30.3 Å². The molecule has 0 aromatic heterocycles. The van der Waals surface area contributed by atoms with Gasteiger partial charge >= 0.3 is 6.09 Å². The first-order chi connectivity index (χ1) is 9.96. The predicted molar refractivity (Wildman–Crippen MR) is 84.4 cm³/mol. The number of hydrogen-bond acceptors (Lipinski definition) is 3. The number of nitrogens with one attached hydrogen (secondary N) is 1. The van der Waals surface area contributed by atoms with Crippen LogP contribution in [0.3, 0.4) is 0 Å². The number of amides is 1. The topological polar surface area (TPSA) is 41.6 Å². The number of carbonyl (C=O) groups excluding carboxylic acids is 1. The van der Waals surface area contributed by atoms with Gasteiger partial charge in [0.1, 0.15) is 5.60 Å². The molecule has 116 valence electrons. The molecule has 21 heavy (non-hydrogen) atoms. The van der Waals surface area contributed by atoms with Crippen molar-refractivity contribution in [3.63, 3.8) is 0 Å². The van der Waals surface area contributed by atoms with Gasteiger partial charge in [-0.2, -0.15) is 0 Å². The number of rotatable bonds is 2. The monoisotopic (exact) mass is 290 g/mol. The Morgan fingerprint density at radius 1 is 1.29 bits per heavy atom. The Balaban J connectivity index is 2.08. The zero-order valence-corrected chi connectivity index (χ0v) is 13.3. The summed E-state index contributed by atoms with van der Waals surface area (Å²) in [5, 5.41) is 3.36. The molecule has 4 heteroatoms. The lowest BCUT2D eigenvalue weighted by Crippen LogP contribution is -2.45. The van der Waals surface area contributed by atoms with E-state index in [9.17, 15) is 4.79 Å². The Morgan fingerprint density at radius 3 is 2.67 bits per heavy atom. The molecule has 0 unspecified atom stereocenters. The highest BCUT2D eigenvalue weighted by atomic mass is 16.6. The van der Waals surface area contributed by atoms with Gasteiger partial charge in [0.2, 0.25) is 0 Å². The highest BCUT2D eigenvalue weighted by Gasteiger charge is 2.29. The number of ether oxygens (including phenoxy) is 1. The molecule has 1 atom stereocenters. The second kappa shape index (κ2) is 6.94. The van der Waals surface area contributed by atoms with Crippen molar-refractivity contribution in [1.82, 2.24) is 10.2 Å². The third-order valence-electron chi connectivity index (χ3n) is 3.57. The van der Waals surface area contributed by atoms with Gasteiger partial charge in [0.15, 0.2) is 0 Å². The van der Waals surface area contributed by atoms with Gasteiger partial charge in [-0.15, -0.1) is 0 Å². The molecular formula is C17H26N2O2. The third-order valence-corrected chi connectivity index (χ3v) is 3.57. The van der Waals surface area contributed by atoms with E-state index in [0.717, 1.165) is 25.9 Å². The summed E-state index contributed by atoms with van der Waals surface area (Å²) in [5.74, 6) is 0. The van der Waals surface area contributed by atoms with E-state index in [4.69, 9.17) is 4.74 Å². The molecule has 0 aliphatic carbocycles. The van der Waals surface area contributed by atoms with Crippen LogP contribution in [-0.2, 0) is 11.2 Å². The predicted octanol–water partition coefficient (Wildman–Crippen LogP) is 2.83. The summed E-state index contributed by atoms with van der Waals surface area (Å²) in [6.07, 6.45) is 1.63. The van der Waals surface area contributed by atoms with E-state index in [1.54, 1.807) is 0 Å². The fraction of sp³-hybridized carbons (Fsp3) is 0.588. The van der Waals surface area contributed by atoms with Gasteiger partial charge in [0.05, 0.1) is 0 Å². The number of carbonyl (C=O) groups is 1. The van der Waals surface area contributed by atoms with Crippen LogP contribution in [0.5, 0.6) is 0 Å². The van der Waals surface area contributed by atoms with Crippen molar-refractivity contribution in [2.24, 2.45) is 0 Å². The lowest BCUT2D eigenvalue weighted by atomic mass is 10.0. The molecule has 2 rings (SSSR count). The molecule has 1 aliphatic heterocycles. The Morgan fingerprint density at radius 2 is 2.00 bits per heavy atom. The van der Waals surface area contributed by atoms with Crippen LogP contribution in [0.4, 0.5) is 4.79 Å². The van der Waals surface area contributed by atoms with Gasteiger partial charge in [-0.3, -0.25) is 0 Å². The average molecular weight is 290 g/mol. The fourth-order valence-corrected chi connectivity index (χ4v) is 2.59. The Hall–Kier alpha value is -1.55. The van der Waals surface area contributed by atoms with Gasteiger partial charge in [-0.05, 0) is 45.7 Å². The summed E-state index contributed by atoms with van der Waals surface area (Å²) < 4.78 is 5.56. The third kappa shape index (κ3) is 5.05. The highest BCUT2D eigenvalue weighted by molar-refractivity contribution is 5.68. The van der Waals surface area contributed by atoms with Crippen LogP contribution in [0, 0.1) is 0 Å². The van der Waals surface area contributed by atoms with Gasteiger partial charge in [0, 0.05) is 19.1 Å². The molecule has 1 aliphatic rings. The molecule has 1 amide bonds. The molecule has 1 saturated heterocycles. The summed E-state index contributed by atoms with van der Waals surface area (Å²) in [5.41, 5.74) is 0.812. The average Bonchev–Trinajstić information content (AvgIpc) is 2.63. The molecule has 1 heterocycles. The minimum absolute atomic E-state index is 0.192. The second-order valence-corrected chi connectivity index (χ2v) is 6.56. The first-order valence-corrected chi connectivity index (χ1v) is 7.70. The van der Waals surface area contributed by atoms with Crippen molar-refractivity contribution in [3.05, 3.63) is 35.9 Å². The lowest BCUT2D eigenvalue weighted by Gasteiger charge is -2.32. The van der Waals surface area contributed by atoms with Crippen molar-refractivity contribution in [2.45, 2.75) is 45.3 Å². The lowest BCUT2D eigenvalue weighted by molar-refractivity contribution is 0.0174. The molecule has 1 fully saturated rings. The van der Waals surface area contributed by atoms with E-state index in [1.165, 1.54) is 5.56 Å². The number of benzene rings is 1. The minimum atomic E-state index is -0.450. The quantitative estimate of drug-likeness (QED) is 0.910. The molecular weight excluding hydrogens is 264 g/mol. The van der Waals surface area contributed by atoms with Gasteiger partial charge in [0.25, 0.3) is 0 Å². The Kier molecular flexibility index (Phi) is 5.23. The molecule has 0 radical (unpaired) electrons. The number of hydrogen-bond donors (Lipinski definition) is 1. The molecule has 0 saturated carbocycles. The Bertz CT molecular complexity index is 454. The standard InChI is InChI=1S/C17H26N2O2/c1-17(2,3)21-16(20)19-12-11-18-10-9-15(19)13-14-7-5-4-6-8-14/h4-8,15,18H,9-13H2,1-3H3/t15-/m0/s1. The summed E-state index contributed by atoms with van der Waals surface area (Å²) in [6.45, 7) is 8.20. The van der Waals surface area contributed by atoms with Gasteiger partial charge < -0.3 is 15.0 Å². The maximum Gasteiger partial charge on any atom is 0.410 e. The summed E-state index contributed by atoms with van der Waals surface area (Å²) in [6, 6.07) is 10.5. The van der Waals surface area contributed by atoms with Crippen LogP contribution in [0.1, 0.15) is 32.8 Å². The van der Waals surface area contributed by atoms with Crippen molar-refractivity contribution < 1.29 is 9.53 Å². The van der Waals surface area contributed by atoms with E-state index in [2.05, 4.69) is 17.4 Å². The molecule has 1 aromatic carbocycles. The fourth-order valence-electron chi connectivity index (χ4n) is 2.59. The smallest absolute Gasteiger partial charge is 0.410 e. The van der Waals surface area contributed by atoms with Gasteiger partial charge in [-0.25, -0.2) is 4.79 Å². The van der Waals surface area contributed by atoms with E-state index < -0.39 is 5.60 Å². The first kappa shape index (κ1) is 15.8. The largest absolute Gasteiger partial charge is 0.444 e. The zero-order chi connectivity index (χ0) is 15.3. The van der Waals surface area contributed by atoms with E-state index in [1.807, 2.05) is 43.9 Å². The SMILES string of the molecule is CC(C)(C)OC(=O)N1CCNCC[C@H]1Cc1ccccc1. The summed E-state index contributed by atoms with van der Waals surface area (Å²) >= 11 is 0. The maximum absolute atomic E-state index is 12.4. The minimum Gasteiger partial charge on any atom is -0.444 e. The maximum atomic E-state index is 12.4. The Labute approximate surface area is 127 Å². The van der Waals surface area contributed by atoms with Crippen LogP contribution in [0.2, 0.25) is 0 Å². The first-order valence-electron chi connectivity index (χ1n) is 7.70. The van der Waals surface area contributed by atoms with E-state index >= 15 is 0 Å².